The molecule has 0 aromatic carbocycles. The number of pyridine rings is 1. The Labute approximate surface area is 177 Å². The van der Waals surface area contributed by atoms with Crippen molar-refractivity contribution in [2.24, 2.45) is 13.0 Å². The van der Waals surface area contributed by atoms with Crippen LogP contribution in [0.2, 0.25) is 0 Å². The zero-order chi connectivity index (χ0) is 19.5. The van der Waals surface area contributed by atoms with E-state index in [4.69, 9.17) is 4.98 Å². The van der Waals surface area contributed by atoms with Crippen LogP contribution >= 0.6 is 12.4 Å². The number of nitrogens with zero attached hydrogens (tertiary/aromatic N) is 5. The minimum absolute atomic E-state index is 0. The highest BCUT2D eigenvalue weighted by molar-refractivity contribution is 5.85. The predicted octanol–water partition coefficient (Wildman–Crippen LogP) is 2.49. The fourth-order valence-corrected chi connectivity index (χ4v) is 4.21. The molecule has 0 spiro atoms. The van der Waals surface area contributed by atoms with Crippen LogP contribution in [0.3, 0.4) is 0 Å². The summed E-state index contributed by atoms with van der Waals surface area (Å²) in [4.78, 5) is 38.4. The molecule has 29 heavy (non-hydrogen) atoms. The molecule has 2 aliphatic heterocycles. The summed E-state index contributed by atoms with van der Waals surface area (Å²) in [6.07, 6.45) is 8.65. The molecule has 0 aliphatic carbocycles. The minimum atomic E-state index is -0.0960. The molecule has 2 aromatic rings. The first-order chi connectivity index (χ1) is 13.6. The van der Waals surface area contributed by atoms with Crippen molar-refractivity contribution in [3.63, 3.8) is 0 Å². The topological polar surface area (TPSA) is 71.3 Å². The van der Waals surface area contributed by atoms with E-state index in [1.165, 1.54) is 6.42 Å². The van der Waals surface area contributed by atoms with Gasteiger partial charge in [0.2, 0.25) is 11.9 Å². The number of rotatable bonds is 3. The number of aromatic nitrogens is 3. The van der Waals surface area contributed by atoms with E-state index in [1.54, 1.807) is 30.1 Å². The number of likely N-dealkylation sites (tertiary alicyclic amines) is 1. The van der Waals surface area contributed by atoms with Crippen molar-refractivity contribution in [1.82, 2.24) is 19.4 Å². The summed E-state index contributed by atoms with van der Waals surface area (Å²) in [5.41, 5.74) is 1.41. The number of carbonyl (C=O) groups is 1. The third kappa shape index (κ3) is 4.61. The van der Waals surface area contributed by atoms with Gasteiger partial charge in [0.05, 0.1) is 11.6 Å². The monoisotopic (exact) mass is 417 g/mol. The second-order valence-electron chi connectivity index (χ2n) is 7.75. The SMILES string of the molecule is Cl.Cn1c(N2CCCC(C(=O)N3CCCCC3)C2)nc(-c2ccncc2)cc1=O. The summed E-state index contributed by atoms with van der Waals surface area (Å²) in [6, 6.07) is 5.26. The van der Waals surface area contributed by atoms with E-state index in [0.29, 0.717) is 18.2 Å². The molecule has 4 heterocycles. The fourth-order valence-electron chi connectivity index (χ4n) is 4.21. The Morgan fingerprint density at radius 3 is 2.52 bits per heavy atom. The lowest BCUT2D eigenvalue weighted by molar-refractivity contribution is -0.136. The van der Waals surface area contributed by atoms with Crippen LogP contribution in [0.15, 0.2) is 35.4 Å². The molecule has 8 heteroatoms. The van der Waals surface area contributed by atoms with Gasteiger partial charge >= 0.3 is 0 Å². The number of hydrogen-bond acceptors (Lipinski definition) is 5. The largest absolute Gasteiger partial charge is 0.342 e. The fraction of sp³-hybridized carbons (Fsp3) is 0.524. The number of hydrogen-bond donors (Lipinski definition) is 0. The maximum atomic E-state index is 13.0. The Kier molecular flexibility index (Phi) is 6.90. The minimum Gasteiger partial charge on any atom is -0.342 e. The molecule has 2 aliphatic rings. The average molecular weight is 418 g/mol. The molecule has 1 amide bonds. The van der Waals surface area contributed by atoms with E-state index in [-0.39, 0.29) is 29.8 Å². The van der Waals surface area contributed by atoms with Crippen LogP contribution in [0.5, 0.6) is 0 Å². The van der Waals surface area contributed by atoms with Crippen molar-refractivity contribution in [3.05, 3.63) is 40.9 Å². The summed E-state index contributed by atoms with van der Waals surface area (Å²) in [5, 5.41) is 0. The highest BCUT2D eigenvalue weighted by atomic mass is 35.5. The van der Waals surface area contributed by atoms with Gasteiger partial charge in [0.15, 0.2) is 0 Å². The smallest absolute Gasteiger partial charge is 0.255 e. The summed E-state index contributed by atoms with van der Waals surface area (Å²) in [6.45, 7) is 3.19. The normalized spacial score (nSPS) is 19.6. The van der Waals surface area contributed by atoms with Gasteiger partial charge < -0.3 is 9.80 Å². The number of carbonyl (C=O) groups excluding carboxylic acids is 1. The van der Waals surface area contributed by atoms with E-state index in [9.17, 15) is 9.59 Å². The molecule has 0 bridgehead atoms. The lowest BCUT2D eigenvalue weighted by atomic mass is 9.95. The van der Waals surface area contributed by atoms with Gasteiger partial charge in [-0.05, 0) is 44.2 Å². The number of anilines is 1. The average Bonchev–Trinajstić information content (AvgIpc) is 2.76. The molecule has 7 nitrogen and oxygen atoms in total. The second kappa shape index (κ2) is 9.39. The molecule has 1 atom stereocenters. The van der Waals surface area contributed by atoms with E-state index in [0.717, 1.165) is 50.9 Å². The maximum absolute atomic E-state index is 13.0. The molecule has 4 rings (SSSR count). The van der Waals surface area contributed by atoms with Gasteiger partial charge in [-0.2, -0.15) is 0 Å². The lowest BCUT2D eigenvalue weighted by Gasteiger charge is -2.37. The van der Waals surface area contributed by atoms with Gasteiger partial charge in [-0.1, -0.05) is 0 Å². The van der Waals surface area contributed by atoms with Crippen molar-refractivity contribution >= 4 is 24.3 Å². The van der Waals surface area contributed by atoms with Crippen LogP contribution in [0, 0.1) is 5.92 Å². The van der Waals surface area contributed by atoms with E-state index < -0.39 is 0 Å². The Morgan fingerprint density at radius 1 is 1.07 bits per heavy atom. The number of amides is 1. The Balaban J connectivity index is 0.00000240. The van der Waals surface area contributed by atoms with Crippen LogP contribution in [0.25, 0.3) is 11.3 Å². The van der Waals surface area contributed by atoms with Crippen LogP contribution in [-0.2, 0) is 11.8 Å². The summed E-state index contributed by atoms with van der Waals surface area (Å²) < 4.78 is 1.58. The molecule has 2 aromatic heterocycles. The Hall–Kier alpha value is -2.41. The van der Waals surface area contributed by atoms with Crippen molar-refractivity contribution in [1.29, 1.82) is 0 Å². The van der Waals surface area contributed by atoms with Crippen molar-refractivity contribution in [2.75, 3.05) is 31.1 Å². The highest BCUT2D eigenvalue weighted by Gasteiger charge is 2.31. The first-order valence-electron chi connectivity index (χ1n) is 10.2. The summed E-state index contributed by atoms with van der Waals surface area (Å²) >= 11 is 0. The van der Waals surface area contributed by atoms with E-state index >= 15 is 0 Å². The van der Waals surface area contributed by atoms with Crippen molar-refractivity contribution in [2.45, 2.75) is 32.1 Å². The molecule has 2 fully saturated rings. The molecule has 0 saturated carbocycles. The Morgan fingerprint density at radius 2 is 1.79 bits per heavy atom. The molecule has 156 valence electrons. The summed E-state index contributed by atoms with van der Waals surface area (Å²) in [5.74, 6) is 0.878. The van der Waals surface area contributed by atoms with Crippen LogP contribution in [0.1, 0.15) is 32.1 Å². The van der Waals surface area contributed by atoms with Gasteiger partial charge in [-0.15, -0.1) is 12.4 Å². The standard InChI is InChI=1S/C21H27N5O2.ClH/c1-24-19(27)14-18(16-7-9-22-10-8-16)23-21(24)26-13-5-6-17(15-26)20(28)25-11-3-2-4-12-25;/h7-10,14,17H,2-6,11-13,15H2,1H3;1H. The second-order valence-corrected chi connectivity index (χ2v) is 7.75. The molecule has 2 saturated heterocycles. The first-order valence-corrected chi connectivity index (χ1v) is 10.2. The quantitative estimate of drug-likeness (QED) is 0.767. The predicted molar refractivity (Wildman–Crippen MR) is 115 cm³/mol. The molecule has 1 unspecified atom stereocenters. The van der Waals surface area contributed by atoms with E-state index in [1.807, 2.05) is 17.0 Å². The number of piperidine rings is 2. The van der Waals surface area contributed by atoms with Gasteiger partial charge in [0.1, 0.15) is 0 Å². The highest BCUT2D eigenvalue weighted by Crippen LogP contribution is 2.25. The van der Waals surface area contributed by atoms with Crippen molar-refractivity contribution in [3.8, 4) is 11.3 Å². The Bertz CT molecular complexity index is 896. The van der Waals surface area contributed by atoms with Crippen LogP contribution in [0.4, 0.5) is 5.95 Å². The molecule has 0 N–H and O–H groups in total. The van der Waals surface area contributed by atoms with Gasteiger partial charge in [0.25, 0.3) is 5.56 Å². The zero-order valence-electron chi connectivity index (χ0n) is 16.8. The lowest BCUT2D eigenvalue weighted by Crippen LogP contribution is -2.47. The van der Waals surface area contributed by atoms with Crippen molar-refractivity contribution < 1.29 is 4.79 Å². The molecular weight excluding hydrogens is 390 g/mol. The van der Waals surface area contributed by atoms with Gasteiger partial charge in [-0.3, -0.25) is 19.1 Å². The molecular formula is C21H28ClN5O2. The zero-order valence-corrected chi connectivity index (χ0v) is 17.6. The number of halogens is 1. The van der Waals surface area contributed by atoms with E-state index in [2.05, 4.69) is 9.88 Å². The summed E-state index contributed by atoms with van der Waals surface area (Å²) in [7, 11) is 1.75. The third-order valence-electron chi connectivity index (χ3n) is 5.81. The maximum Gasteiger partial charge on any atom is 0.255 e. The van der Waals surface area contributed by atoms with Crippen LogP contribution < -0.4 is 10.5 Å². The molecule has 0 radical (unpaired) electrons. The van der Waals surface area contributed by atoms with Crippen LogP contribution in [-0.4, -0.2) is 51.5 Å². The van der Waals surface area contributed by atoms with Gasteiger partial charge in [0, 0.05) is 57.3 Å². The first kappa shape index (κ1) is 21.3. The van der Waals surface area contributed by atoms with Gasteiger partial charge in [-0.25, -0.2) is 4.98 Å². The third-order valence-corrected chi connectivity index (χ3v) is 5.81.